The largest absolute Gasteiger partial charge is 0.444 e. The zero-order valence-electron chi connectivity index (χ0n) is 15.8. The molecule has 0 saturated heterocycles. The van der Waals surface area contributed by atoms with E-state index < -0.39 is 37.8 Å². The lowest BCUT2D eigenvalue weighted by Gasteiger charge is -2.32. The number of halogens is 2. The van der Waals surface area contributed by atoms with Crippen LogP contribution in [0.5, 0.6) is 0 Å². The second-order valence-electron chi connectivity index (χ2n) is 7.24. The minimum absolute atomic E-state index is 0.116. The maximum absolute atomic E-state index is 14.5. The van der Waals surface area contributed by atoms with Gasteiger partial charge in [-0.3, -0.25) is 0 Å². The van der Waals surface area contributed by atoms with Crippen LogP contribution in [0.25, 0.3) is 0 Å². The van der Waals surface area contributed by atoms with E-state index >= 15 is 0 Å². The Balaban J connectivity index is 3.40. The fraction of sp³-hybridized carbons (Fsp3) is 0.444. The number of hydrogen-bond donors (Lipinski definition) is 1. The lowest BCUT2D eigenvalue weighted by atomic mass is 9.88. The summed E-state index contributed by atoms with van der Waals surface area (Å²) in [6.45, 7) is 6.57. The summed E-state index contributed by atoms with van der Waals surface area (Å²) >= 11 is 3.26. The van der Waals surface area contributed by atoms with E-state index in [9.17, 15) is 17.6 Å². The molecule has 1 rings (SSSR count). The number of nitriles is 1. The van der Waals surface area contributed by atoms with Crippen molar-refractivity contribution in [2.24, 2.45) is 0 Å². The third-order valence-corrected chi connectivity index (χ3v) is 5.06. The molecule has 148 valence electrons. The third-order valence-electron chi connectivity index (χ3n) is 3.51. The van der Waals surface area contributed by atoms with E-state index in [1.165, 1.54) is 25.1 Å². The van der Waals surface area contributed by atoms with Crippen LogP contribution in [0.4, 0.5) is 9.18 Å². The number of carbonyl (C=O) groups is 1. The molecule has 0 spiro atoms. The topological polar surface area (TPSA) is 96.3 Å². The molecule has 0 bridgehead atoms. The Kier molecular flexibility index (Phi) is 7.19. The first-order valence-corrected chi connectivity index (χ1v) is 10.6. The van der Waals surface area contributed by atoms with Crippen LogP contribution in [0.1, 0.15) is 39.7 Å². The van der Waals surface area contributed by atoms with Gasteiger partial charge in [0.05, 0.1) is 5.54 Å². The average molecular weight is 461 g/mol. The van der Waals surface area contributed by atoms with Gasteiger partial charge in [0.25, 0.3) is 0 Å². The standard InChI is InChI=1S/C18H22BrFN2O4S/c1-17(2,3)26-16(23)22-18(4,9-8-13(11-21)27(5,24)25)14-10-12(19)6-7-15(14)20/h6-8,10H,9H2,1-5H3,(H,22,23)/b13-8-/t18-/m0/s1. The molecule has 1 amide bonds. The van der Waals surface area contributed by atoms with Crippen LogP contribution in [0.3, 0.4) is 0 Å². The third kappa shape index (κ3) is 6.96. The molecule has 1 aromatic rings. The number of sulfone groups is 1. The van der Waals surface area contributed by atoms with Gasteiger partial charge in [0.1, 0.15) is 22.4 Å². The lowest BCUT2D eigenvalue weighted by molar-refractivity contribution is 0.0460. The van der Waals surface area contributed by atoms with Crippen LogP contribution < -0.4 is 5.32 Å². The van der Waals surface area contributed by atoms with Gasteiger partial charge in [0, 0.05) is 16.3 Å². The molecule has 1 aromatic carbocycles. The van der Waals surface area contributed by atoms with Crippen LogP contribution >= 0.6 is 15.9 Å². The predicted octanol–water partition coefficient (Wildman–Crippen LogP) is 4.17. The van der Waals surface area contributed by atoms with E-state index in [-0.39, 0.29) is 12.0 Å². The molecular weight excluding hydrogens is 439 g/mol. The summed E-state index contributed by atoms with van der Waals surface area (Å²) in [4.78, 5) is 11.8. The van der Waals surface area contributed by atoms with Gasteiger partial charge in [-0.2, -0.15) is 5.26 Å². The molecule has 9 heteroatoms. The first-order valence-electron chi connectivity index (χ1n) is 7.95. The molecule has 1 atom stereocenters. The number of ether oxygens (including phenoxy) is 1. The molecule has 0 aliphatic heterocycles. The number of rotatable bonds is 5. The summed E-state index contributed by atoms with van der Waals surface area (Å²) < 4.78 is 43.6. The number of benzene rings is 1. The molecule has 0 aromatic heterocycles. The molecular formula is C18H22BrFN2O4S. The van der Waals surface area contributed by atoms with Gasteiger partial charge in [0.2, 0.25) is 0 Å². The molecule has 0 saturated carbocycles. The van der Waals surface area contributed by atoms with E-state index in [2.05, 4.69) is 21.2 Å². The fourth-order valence-electron chi connectivity index (χ4n) is 2.25. The lowest BCUT2D eigenvalue weighted by Crippen LogP contribution is -2.46. The zero-order valence-corrected chi connectivity index (χ0v) is 18.2. The van der Waals surface area contributed by atoms with Gasteiger partial charge < -0.3 is 10.1 Å². The minimum Gasteiger partial charge on any atom is -0.444 e. The number of hydrogen-bond acceptors (Lipinski definition) is 5. The Bertz CT molecular complexity index is 901. The van der Waals surface area contributed by atoms with Crippen molar-refractivity contribution < 1.29 is 22.3 Å². The number of amides is 1. The maximum Gasteiger partial charge on any atom is 0.408 e. The Morgan fingerprint density at radius 3 is 2.44 bits per heavy atom. The quantitative estimate of drug-likeness (QED) is 0.664. The summed E-state index contributed by atoms with van der Waals surface area (Å²) in [7, 11) is -3.74. The Hall–Kier alpha value is -1.92. The highest BCUT2D eigenvalue weighted by molar-refractivity contribution is 9.10. The fourth-order valence-corrected chi connectivity index (χ4v) is 3.17. The van der Waals surface area contributed by atoms with Gasteiger partial charge in [-0.15, -0.1) is 0 Å². The first-order chi connectivity index (χ1) is 12.2. The van der Waals surface area contributed by atoms with Gasteiger partial charge in [0.15, 0.2) is 9.84 Å². The molecule has 0 radical (unpaired) electrons. The van der Waals surface area contributed by atoms with E-state index in [0.717, 1.165) is 12.3 Å². The van der Waals surface area contributed by atoms with Crippen LogP contribution in [0, 0.1) is 17.1 Å². The van der Waals surface area contributed by atoms with Crippen LogP contribution in [-0.2, 0) is 20.1 Å². The van der Waals surface area contributed by atoms with E-state index in [0.29, 0.717) is 4.47 Å². The van der Waals surface area contributed by atoms with E-state index in [4.69, 9.17) is 10.00 Å². The molecule has 0 fully saturated rings. The molecule has 0 aliphatic rings. The second-order valence-corrected chi connectivity index (χ2v) is 10.1. The first kappa shape index (κ1) is 23.1. The number of nitrogens with zero attached hydrogens (tertiary/aromatic N) is 1. The molecule has 1 N–H and O–H groups in total. The van der Waals surface area contributed by atoms with Gasteiger partial charge in [-0.25, -0.2) is 17.6 Å². The van der Waals surface area contributed by atoms with Crippen LogP contribution in [-0.4, -0.2) is 26.4 Å². The predicted molar refractivity (Wildman–Crippen MR) is 104 cm³/mol. The summed E-state index contributed by atoms with van der Waals surface area (Å²) in [6.07, 6.45) is 1.12. The Morgan fingerprint density at radius 2 is 1.96 bits per heavy atom. The van der Waals surface area contributed by atoms with Crippen molar-refractivity contribution in [3.8, 4) is 6.07 Å². The van der Waals surface area contributed by atoms with Crippen molar-refractivity contribution in [1.82, 2.24) is 5.32 Å². The number of allylic oxidation sites excluding steroid dienone is 1. The second kappa shape index (κ2) is 8.40. The van der Waals surface area contributed by atoms with Crippen molar-refractivity contribution in [3.63, 3.8) is 0 Å². The van der Waals surface area contributed by atoms with Crippen molar-refractivity contribution in [3.05, 3.63) is 45.0 Å². The summed E-state index contributed by atoms with van der Waals surface area (Å²) in [5.74, 6) is -0.594. The maximum atomic E-state index is 14.5. The van der Waals surface area contributed by atoms with Gasteiger partial charge in [-0.05, 0) is 52.3 Å². The van der Waals surface area contributed by atoms with Crippen molar-refractivity contribution in [2.75, 3.05) is 6.26 Å². The highest BCUT2D eigenvalue weighted by Gasteiger charge is 2.33. The smallest absolute Gasteiger partial charge is 0.408 e. The normalized spacial score (nSPS) is 14.8. The molecule has 0 heterocycles. The van der Waals surface area contributed by atoms with Crippen molar-refractivity contribution >= 4 is 31.9 Å². The number of carbonyl (C=O) groups excluding carboxylic acids is 1. The van der Waals surface area contributed by atoms with E-state index in [1.54, 1.807) is 26.8 Å². The van der Waals surface area contributed by atoms with E-state index in [1.807, 2.05) is 0 Å². The Labute approximate surface area is 167 Å². The van der Waals surface area contributed by atoms with Gasteiger partial charge in [-0.1, -0.05) is 22.0 Å². The van der Waals surface area contributed by atoms with Crippen LogP contribution in [0.15, 0.2) is 33.7 Å². The zero-order chi connectivity index (χ0) is 21.0. The minimum atomic E-state index is -3.74. The molecule has 0 aliphatic carbocycles. The summed E-state index contributed by atoms with van der Waals surface area (Å²) in [5, 5.41) is 11.7. The Morgan fingerprint density at radius 1 is 1.37 bits per heavy atom. The highest BCUT2D eigenvalue weighted by atomic mass is 79.9. The number of nitrogens with one attached hydrogen (secondary N) is 1. The highest BCUT2D eigenvalue weighted by Crippen LogP contribution is 2.31. The molecule has 27 heavy (non-hydrogen) atoms. The van der Waals surface area contributed by atoms with Crippen LogP contribution in [0.2, 0.25) is 0 Å². The monoisotopic (exact) mass is 460 g/mol. The van der Waals surface area contributed by atoms with Crippen molar-refractivity contribution in [2.45, 2.75) is 45.3 Å². The SMILES string of the molecule is CC(C)(C)OC(=O)N[C@@](C)(C/C=C(/C#N)S(C)(=O)=O)c1cc(Br)ccc1F. The van der Waals surface area contributed by atoms with Gasteiger partial charge >= 0.3 is 6.09 Å². The average Bonchev–Trinajstić information content (AvgIpc) is 2.46. The molecule has 6 nitrogen and oxygen atoms in total. The van der Waals surface area contributed by atoms with Crippen molar-refractivity contribution in [1.29, 1.82) is 5.26 Å². The summed E-state index contributed by atoms with van der Waals surface area (Å²) in [5.41, 5.74) is -2.02. The number of alkyl carbamates (subject to hydrolysis) is 1. The summed E-state index contributed by atoms with van der Waals surface area (Å²) in [6, 6.07) is 5.81. The molecule has 0 unspecified atom stereocenters.